The van der Waals surface area contributed by atoms with Crippen molar-refractivity contribution in [3.05, 3.63) is 46.5 Å². The molecule has 182 valence electrons. The summed E-state index contributed by atoms with van der Waals surface area (Å²) >= 11 is 0. The van der Waals surface area contributed by atoms with Crippen molar-refractivity contribution < 1.29 is 24.4 Å². The van der Waals surface area contributed by atoms with E-state index in [1.54, 1.807) is 19.2 Å². The lowest BCUT2D eigenvalue weighted by Crippen LogP contribution is -2.46. The second-order valence-corrected chi connectivity index (χ2v) is 10.3. The van der Waals surface area contributed by atoms with E-state index < -0.39 is 13.0 Å². The molecule has 0 spiro atoms. The number of phenolic OH excluding ortho intramolecular Hbond substituents is 1. The van der Waals surface area contributed by atoms with Crippen molar-refractivity contribution >= 4 is 25.0 Å². The van der Waals surface area contributed by atoms with E-state index in [2.05, 4.69) is 26.8 Å². The Morgan fingerprint density at radius 3 is 2.53 bits per heavy atom. The molecule has 7 heteroatoms. The van der Waals surface area contributed by atoms with Gasteiger partial charge in [0.1, 0.15) is 5.75 Å². The first-order chi connectivity index (χ1) is 16.2. The number of nitrogens with zero attached hydrogens (tertiary/aromatic N) is 1. The number of benzene rings is 1. The molecule has 6 nitrogen and oxygen atoms in total. The topological polar surface area (TPSA) is 87.1 Å². The molecule has 2 aliphatic heterocycles. The number of hydrogen-bond acceptors (Lipinski definition) is 5. The summed E-state index contributed by atoms with van der Waals surface area (Å²) in [5, 5.41) is 20.2. The van der Waals surface area contributed by atoms with Crippen molar-refractivity contribution in [2.75, 3.05) is 7.05 Å². The quantitative estimate of drug-likeness (QED) is 0.353. The van der Waals surface area contributed by atoms with Crippen molar-refractivity contribution in [3.8, 4) is 5.75 Å². The monoisotopic (exact) mass is 465 g/mol. The van der Waals surface area contributed by atoms with Crippen molar-refractivity contribution in [2.24, 2.45) is 23.7 Å². The molecular weight excluding hydrogens is 429 g/mol. The Hall–Kier alpha value is -2.38. The Labute approximate surface area is 202 Å². The minimum absolute atomic E-state index is 0.0909. The van der Waals surface area contributed by atoms with Gasteiger partial charge in [-0.05, 0) is 67.1 Å². The molecule has 4 rings (SSSR count). The van der Waals surface area contributed by atoms with Gasteiger partial charge in [-0.25, -0.2) is 0 Å². The molecule has 0 unspecified atom stereocenters. The number of carbonyl (C=O) groups is 2. The molecule has 0 bridgehead atoms. The Bertz CT molecular complexity index is 999. The van der Waals surface area contributed by atoms with Crippen molar-refractivity contribution in [3.63, 3.8) is 0 Å². The molecule has 4 atom stereocenters. The number of carbonyl (C=O) groups excluding carboxylic acids is 2. The highest BCUT2D eigenvalue weighted by Gasteiger charge is 2.56. The van der Waals surface area contributed by atoms with E-state index in [1.165, 1.54) is 16.0 Å². The van der Waals surface area contributed by atoms with Crippen LogP contribution in [0.5, 0.6) is 5.75 Å². The van der Waals surface area contributed by atoms with E-state index in [0.29, 0.717) is 12.7 Å². The second-order valence-electron chi connectivity index (χ2n) is 10.3. The van der Waals surface area contributed by atoms with Crippen LogP contribution >= 0.6 is 0 Å². The average Bonchev–Trinajstić information content (AvgIpc) is 3.02. The van der Waals surface area contributed by atoms with Crippen molar-refractivity contribution in [1.82, 2.24) is 4.90 Å². The van der Waals surface area contributed by atoms with Crippen LogP contribution in [0.15, 0.2) is 41.0 Å². The van der Waals surface area contributed by atoms with E-state index >= 15 is 0 Å². The molecule has 0 radical (unpaired) electrons. The number of aromatic hydroxyl groups is 1. The summed E-state index contributed by atoms with van der Waals surface area (Å²) in [6.45, 7) is 6.43. The second kappa shape index (κ2) is 10.1. The molecule has 1 aromatic carbocycles. The number of rotatable bonds is 7. The number of likely N-dealkylation sites (tertiary alicyclic amines) is 1. The third-order valence-electron chi connectivity index (χ3n) is 7.72. The minimum atomic E-state index is -0.935. The first-order valence-electron chi connectivity index (χ1n) is 12.6. The van der Waals surface area contributed by atoms with Gasteiger partial charge in [0.05, 0.1) is 17.9 Å². The predicted molar refractivity (Wildman–Crippen MR) is 133 cm³/mol. The van der Waals surface area contributed by atoms with E-state index in [9.17, 15) is 19.7 Å². The number of fused-ring (bicyclic) bond motifs is 3. The van der Waals surface area contributed by atoms with Gasteiger partial charge in [0.15, 0.2) is 0 Å². The maximum absolute atomic E-state index is 13.0. The van der Waals surface area contributed by atoms with Gasteiger partial charge in [0, 0.05) is 7.05 Å². The first-order valence-corrected chi connectivity index (χ1v) is 12.6. The third kappa shape index (κ3) is 4.73. The van der Waals surface area contributed by atoms with Gasteiger partial charge in [0.2, 0.25) is 11.8 Å². The molecule has 34 heavy (non-hydrogen) atoms. The summed E-state index contributed by atoms with van der Waals surface area (Å²) in [6.07, 6.45) is 6.38. The smallest absolute Gasteiger partial charge is 0.455 e. The number of phenols is 1. The SMILES string of the molecule is CCC/C(=C\c1ccc(O)cc1)CC[C@H]1OB(O)C[C@H]2C1=C(C(C)C)C[C@H]1C(=O)N(C)C(=O)[C@H]12. The average molecular weight is 465 g/mol. The van der Waals surface area contributed by atoms with Gasteiger partial charge in [-0.3, -0.25) is 14.5 Å². The van der Waals surface area contributed by atoms with Crippen LogP contribution in [0.2, 0.25) is 6.32 Å². The van der Waals surface area contributed by atoms with Crippen LogP contribution in [0.25, 0.3) is 6.08 Å². The number of imide groups is 1. The Morgan fingerprint density at radius 2 is 1.88 bits per heavy atom. The maximum atomic E-state index is 13.0. The summed E-state index contributed by atoms with van der Waals surface area (Å²) in [7, 11) is 0.645. The van der Waals surface area contributed by atoms with Gasteiger partial charge < -0.3 is 14.8 Å². The molecule has 0 saturated carbocycles. The predicted octanol–water partition coefficient (Wildman–Crippen LogP) is 4.44. The largest absolute Gasteiger partial charge is 0.508 e. The van der Waals surface area contributed by atoms with Crippen LogP contribution in [0.3, 0.4) is 0 Å². The lowest BCUT2D eigenvalue weighted by atomic mass is 9.57. The fourth-order valence-corrected chi connectivity index (χ4v) is 6.12. The highest BCUT2D eigenvalue weighted by Crippen LogP contribution is 2.51. The zero-order chi connectivity index (χ0) is 24.6. The van der Waals surface area contributed by atoms with Crippen LogP contribution in [-0.4, -0.2) is 47.1 Å². The first kappa shape index (κ1) is 24.7. The number of hydrogen-bond donors (Lipinski definition) is 2. The molecular formula is C27H36BNO5. The van der Waals surface area contributed by atoms with Gasteiger partial charge in [-0.1, -0.05) is 56.5 Å². The lowest BCUT2D eigenvalue weighted by Gasteiger charge is -2.44. The maximum Gasteiger partial charge on any atom is 0.455 e. The molecule has 3 aliphatic rings. The molecule has 2 fully saturated rings. The van der Waals surface area contributed by atoms with Gasteiger partial charge in [0.25, 0.3) is 0 Å². The van der Waals surface area contributed by atoms with Crippen LogP contribution in [0.1, 0.15) is 58.4 Å². The summed E-state index contributed by atoms with van der Waals surface area (Å²) in [6, 6.07) is 7.19. The Kier molecular flexibility index (Phi) is 7.34. The van der Waals surface area contributed by atoms with Crippen LogP contribution in [-0.2, 0) is 14.2 Å². The Balaban J connectivity index is 1.62. The molecule has 2 N–H and O–H groups in total. The van der Waals surface area contributed by atoms with Crippen LogP contribution < -0.4 is 0 Å². The van der Waals surface area contributed by atoms with E-state index in [0.717, 1.165) is 36.8 Å². The molecule has 1 aromatic rings. The lowest BCUT2D eigenvalue weighted by molar-refractivity contribution is -0.138. The molecule has 2 saturated heterocycles. The van der Waals surface area contributed by atoms with Crippen LogP contribution in [0.4, 0.5) is 0 Å². The van der Waals surface area contributed by atoms with E-state index in [-0.39, 0.29) is 41.4 Å². The van der Waals surface area contributed by atoms with Gasteiger partial charge >= 0.3 is 7.12 Å². The summed E-state index contributed by atoms with van der Waals surface area (Å²) in [4.78, 5) is 27.1. The fraction of sp³-hybridized carbons (Fsp3) is 0.556. The molecule has 2 heterocycles. The molecule has 0 aromatic heterocycles. The standard InChI is InChI=1S/C27H36BNO5/c1-5-6-17(13-18-7-10-19(30)11-8-18)9-12-23-24-20(16(2)3)14-21-25(22(24)15-28(33)34-23)27(32)29(4)26(21)31/h7-8,10-11,13,16,21-23,25,30,33H,5-6,9,12,14-15H2,1-4H3/b17-13+/t21-,22+,23-,25-/m1/s1. The Morgan fingerprint density at radius 1 is 1.18 bits per heavy atom. The van der Waals surface area contributed by atoms with E-state index in [1.807, 2.05) is 12.1 Å². The number of amides is 2. The van der Waals surface area contributed by atoms with Crippen molar-refractivity contribution in [2.45, 2.75) is 65.3 Å². The summed E-state index contributed by atoms with van der Waals surface area (Å²) in [5.41, 5.74) is 4.71. The zero-order valence-electron chi connectivity index (χ0n) is 20.7. The van der Waals surface area contributed by atoms with Crippen LogP contribution in [0, 0.1) is 23.7 Å². The zero-order valence-corrected chi connectivity index (χ0v) is 20.7. The van der Waals surface area contributed by atoms with Crippen molar-refractivity contribution in [1.29, 1.82) is 0 Å². The summed E-state index contributed by atoms with van der Waals surface area (Å²) in [5.74, 6) is -0.574. The normalized spacial score (nSPS) is 27.5. The molecule has 1 aliphatic carbocycles. The minimum Gasteiger partial charge on any atom is -0.508 e. The highest BCUT2D eigenvalue weighted by atomic mass is 16.5. The third-order valence-corrected chi connectivity index (χ3v) is 7.72. The summed E-state index contributed by atoms with van der Waals surface area (Å²) < 4.78 is 6.10. The van der Waals surface area contributed by atoms with Gasteiger partial charge in [-0.15, -0.1) is 0 Å². The number of allylic oxidation sites excluding steroid dienone is 2. The molecule has 2 amide bonds. The fourth-order valence-electron chi connectivity index (χ4n) is 6.12. The van der Waals surface area contributed by atoms with Gasteiger partial charge in [-0.2, -0.15) is 0 Å². The highest BCUT2D eigenvalue weighted by molar-refractivity contribution is 6.43. The van der Waals surface area contributed by atoms with E-state index in [4.69, 9.17) is 4.65 Å².